The maximum absolute atomic E-state index is 11.5. The second-order valence-electron chi connectivity index (χ2n) is 4.06. The van der Waals surface area contributed by atoms with Gasteiger partial charge in [0.1, 0.15) is 11.5 Å². The Balaban J connectivity index is 1.73. The van der Waals surface area contributed by atoms with Crippen molar-refractivity contribution in [1.29, 1.82) is 0 Å². The molecule has 2 rings (SSSR count). The van der Waals surface area contributed by atoms with Crippen LogP contribution in [0.25, 0.3) is 6.08 Å². The van der Waals surface area contributed by atoms with Crippen molar-refractivity contribution < 1.29 is 14.3 Å². The Kier molecular flexibility index (Phi) is 4.39. The number of hydrogen-bond acceptors (Lipinski definition) is 3. The van der Waals surface area contributed by atoms with E-state index in [2.05, 4.69) is 5.32 Å². The lowest BCUT2D eigenvalue weighted by Gasteiger charge is -2.02. The Labute approximate surface area is 111 Å². The van der Waals surface area contributed by atoms with Gasteiger partial charge in [-0.15, -0.1) is 0 Å². The van der Waals surface area contributed by atoms with Gasteiger partial charge in [-0.25, -0.2) is 0 Å². The van der Waals surface area contributed by atoms with E-state index < -0.39 is 0 Å². The molecule has 0 aliphatic carbocycles. The largest absolute Gasteiger partial charge is 0.508 e. The number of nitrogens with one attached hydrogen (secondary N) is 1. The molecule has 0 spiro atoms. The normalized spacial score (nSPS) is 10.7. The van der Waals surface area contributed by atoms with E-state index in [9.17, 15) is 4.79 Å². The highest BCUT2D eigenvalue weighted by molar-refractivity contribution is 5.91. The number of rotatable bonds is 5. The van der Waals surface area contributed by atoms with Crippen LogP contribution in [-0.2, 0) is 11.2 Å². The summed E-state index contributed by atoms with van der Waals surface area (Å²) in [4.78, 5) is 11.5. The third-order valence-corrected chi connectivity index (χ3v) is 2.59. The van der Waals surface area contributed by atoms with Gasteiger partial charge in [0.05, 0.1) is 6.26 Å². The summed E-state index contributed by atoms with van der Waals surface area (Å²) in [6.45, 7) is 0.548. The Hall–Kier alpha value is -2.49. The molecule has 19 heavy (non-hydrogen) atoms. The molecule has 0 saturated carbocycles. The van der Waals surface area contributed by atoms with Gasteiger partial charge in [0.2, 0.25) is 5.91 Å². The average molecular weight is 257 g/mol. The average Bonchev–Trinajstić information content (AvgIpc) is 2.92. The Morgan fingerprint density at radius 2 is 2.05 bits per heavy atom. The molecule has 2 N–H and O–H groups in total. The van der Waals surface area contributed by atoms with Crippen molar-refractivity contribution in [3.8, 4) is 5.75 Å². The summed E-state index contributed by atoms with van der Waals surface area (Å²) in [5, 5.41) is 11.9. The lowest BCUT2D eigenvalue weighted by atomic mass is 10.1. The zero-order valence-electron chi connectivity index (χ0n) is 10.4. The molecule has 0 saturated heterocycles. The van der Waals surface area contributed by atoms with Crippen molar-refractivity contribution in [1.82, 2.24) is 5.32 Å². The second-order valence-corrected chi connectivity index (χ2v) is 4.06. The maximum Gasteiger partial charge on any atom is 0.244 e. The van der Waals surface area contributed by atoms with Crippen LogP contribution >= 0.6 is 0 Å². The van der Waals surface area contributed by atoms with Gasteiger partial charge in [0, 0.05) is 12.6 Å². The number of hydrogen-bond donors (Lipinski definition) is 2. The third kappa shape index (κ3) is 4.35. The molecule has 1 aromatic carbocycles. The van der Waals surface area contributed by atoms with E-state index in [-0.39, 0.29) is 11.7 Å². The summed E-state index contributed by atoms with van der Waals surface area (Å²) in [5.74, 6) is 0.734. The van der Waals surface area contributed by atoms with E-state index in [1.807, 2.05) is 12.1 Å². The van der Waals surface area contributed by atoms with Gasteiger partial charge in [-0.3, -0.25) is 4.79 Å². The zero-order valence-corrected chi connectivity index (χ0v) is 10.4. The van der Waals surface area contributed by atoms with Gasteiger partial charge >= 0.3 is 0 Å². The van der Waals surface area contributed by atoms with Crippen molar-refractivity contribution in [2.45, 2.75) is 6.42 Å². The molecule has 4 heteroatoms. The highest BCUT2D eigenvalue weighted by Gasteiger charge is 1.97. The fraction of sp³-hybridized carbons (Fsp3) is 0.133. The fourth-order valence-corrected chi connectivity index (χ4v) is 1.60. The standard InChI is InChI=1S/C15H15NO3/c17-13-5-3-12(4-6-13)9-10-16-15(18)8-7-14-2-1-11-19-14/h1-8,11,17H,9-10H2,(H,16,18)/b8-7+. The monoisotopic (exact) mass is 257 g/mol. The number of carbonyl (C=O) groups is 1. The van der Waals surface area contributed by atoms with E-state index >= 15 is 0 Å². The first-order valence-electron chi connectivity index (χ1n) is 6.01. The molecule has 0 fully saturated rings. The van der Waals surface area contributed by atoms with Crippen molar-refractivity contribution in [3.63, 3.8) is 0 Å². The Morgan fingerprint density at radius 1 is 1.26 bits per heavy atom. The predicted molar refractivity (Wildman–Crippen MR) is 72.6 cm³/mol. The highest BCUT2D eigenvalue weighted by Crippen LogP contribution is 2.09. The smallest absolute Gasteiger partial charge is 0.244 e. The molecule has 4 nitrogen and oxygen atoms in total. The van der Waals surface area contributed by atoms with Gasteiger partial charge in [0.25, 0.3) is 0 Å². The molecule has 0 unspecified atom stereocenters. The summed E-state index contributed by atoms with van der Waals surface area (Å²) in [7, 11) is 0. The number of benzene rings is 1. The summed E-state index contributed by atoms with van der Waals surface area (Å²) in [6.07, 6.45) is 5.34. The highest BCUT2D eigenvalue weighted by atomic mass is 16.3. The van der Waals surface area contributed by atoms with Crippen LogP contribution in [0, 0.1) is 0 Å². The fourth-order valence-electron chi connectivity index (χ4n) is 1.60. The van der Waals surface area contributed by atoms with E-state index in [1.54, 1.807) is 36.6 Å². The summed E-state index contributed by atoms with van der Waals surface area (Å²) >= 11 is 0. The topological polar surface area (TPSA) is 62.5 Å². The zero-order chi connectivity index (χ0) is 13.5. The second kappa shape index (κ2) is 6.44. The maximum atomic E-state index is 11.5. The Morgan fingerprint density at radius 3 is 2.74 bits per heavy atom. The lowest BCUT2D eigenvalue weighted by Crippen LogP contribution is -2.23. The third-order valence-electron chi connectivity index (χ3n) is 2.59. The first kappa shape index (κ1) is 13.0. The van der Waals surface area contributed by atoms with E-state index in [0.29, 0.717) is 12.3 Å². The van der Waals surface area contributed by atoms with E-state index in [0.717, 1.165) is 12.0 Å². The molecule has 98 valence electrons. The first-order chi connectivity index (χ1) is 9.24. The minimum Gasteiger partial charge on any atom is -0.508 e. The molecule has 0 bridgehead atoms. The van der Waals surface area contributed by atoms with Crippen molar-refractivity contribution in [3.05, 3.63) is 60.1 Å². The number of phenols is 1. The first-order valence-corrected chi connectivity index (χ1v) is 6.01. The van der Waals surface area contributed by atoms with E-state index in [4.69, 9.17) is 9.52 Å². The molecule has 2 aromatic rings. The van der Waals surface area contributed by atoms with Crippen LogP contribution in [0.5, 0.6) is 5.75 Å². The molecule has 0 aliphatic rings. The number of furan rings is 1. The van der Waals surface area contributed by atoms with Crippen molar-refractivity contribution in [2.24, 2.45) is 0 Å². The predicted octanol–water partition coefficient (Wildman–Crippen LogP) is 2.36. The SMILES string of the molecule is O=C(/C=C/c1ccco1)NCCc1ccc(O)cc1. The summed E-state index contributed by atoms with van der Waals surface area (Å²) in [5.41, 5.74) is 1.06. The number of aromatic hydroxyl groups is 1. The number of phenolic OH excluding ortho intramolecular Hbond substituents is 1. The number of carbonyl (C=O) groups excluding carboxylic acids is 1. The number of amides is 1. The summed E-state index contributed by atoms with van der Waals surface area (Å²) < 4.78 is 5.08. The molecule has 1 heterocycles. The molecular weight excluding hydrogens is 242 g/mol. The van der Waals surface area contributed by atoms with Crippen LogP contribution in [0.1, 0.15) is 11.3 Å². The molecule has 1 amide bonds. The van der Waals surface area contributed by atoms with Crippen molar-refractivity contribution >= 4 is 12.0 Å². The molecule has 0 atom stereocenters. The molecular formula is C15H15NO3. The van der Waals surface area contributed by atoms with Crippen LogP contribution in [-0.4, -0.2) is 17.6 Å². The van der Waals surface area contributed by atoms with Gasteiger partial charge in [-0.1, -0.05) is 12.1 Å². The van der Waals surface area contributed by atoms with Crippen molar-refractivity contribution in [2.75, 3.05) is 6.54 Å². The van der Waals surface area contributed by atoms with Crippen LogP contribution < -0.4 is 5.32 Å². The summed E-state index contributed by atoms with van der Waals surface area (Å²) in [6, 6.07) is 10.5. The van der Waals surface area contributed by atoms with Gasteiger partial charge in [-0.2, -0.15) is 0 Å². The molecule has 0 radical (unpaired) electrons. The minimum absolute atomic E-state index is 0.157. The quantitative estimate of drug-likeness (QED) is 0.808. The minimum atomic E-state index is -0.157. The lowest BCUT2D eigenvalue weighted by molar-refractivity contribution is -0.116. The molecule has 1 aromatic heterocycles. The van der Waals surface area contributed by atoms with Crippen LogP contribution in [0.15, 0.2) is 53.2 Å². The van der Waals surface area contributed by atoms with Crippen LogP contribution in [0.2, 0.25) is 0 Å². The van der Waals surface area contributed by atoms with Crippen LogP contribution in [0.4, 0.5) is 0 Å². The van der Waals surface area contributed by atoms with Gasteiger partial charge in [0.15, 0.2) is 0 Å². The van der Waals surface area contributed by atoms with Gasteiger partial charge < -0.3 is 14.8 Å². The Bertz CT molecular complexity index is 541. The van der Waals surface area contributed by atoms with E-state index in [1.165, 1.54) is 6.08 Å². The van der Waals surface area contributed by atoms with Gasteiger partial charge in [-0.05, 0) is 42.3 Å². The van der Waals surface area contributed by atoms with Crippen LogP contribution in [0.3, 0.4) is 0 Å². The molecule has 0 aliphatic heterocycles.